The normalized spacial score (nSPS) is 29.2. The zero-order valence-electron chi connectivity index (χ0n) is 75.8. The lowest BCUT2D eigenvalue weighted by Gasteiger charge is -2.29. The number of fused-ring (bicyclic) bond motifs is 2. The molecule has 0 amide bonds. The Balaban J connectivity index is 0.748. The summed E-state index contributed by atoms with van der Waals surface area (Å²) in [6.45, 7) is -18.3. The molecule has 0 spiro atoms. The SMILES string of the molecule is CC[C@H]1O[C@@H](n2cc(C)c(N)nc2=O)C[C@H]1OP(=O)(S)OC[C@H]1O[C@@H](n2cc(C)c(=O)[nH]c2=O)C[C@H]1OP(=O)(S)OC[C@H]1O[C@@H](n2cnc3c(N)ncnc32)C(OCCOC)[C@H]1OP(=O)(O)OC[C@H]1O[C@@H](n2cnc3c(=O)[nH]c(N)nc32)C(OCCOC)[C@H]1OP(=O)(S)OC[C@H]1O[C@@H](n2cc(C)c(=O)[nH]c2=O)C(OCCOC)[C@H]1OP(=O)(S)OC[C@H]1O[C@@H](n2cc(C)c(N)nc2=O)C(OCCOC)[C@H]1O. The number of aryl methyl sites for hydroxylation is 4. The fraction of sp³-hybridized carbons (Fsp3) is 0.644. The number of nitrogen functional groups attached to an aromatic ring is 4. The summed E-state index contributed by atoms with van der Waals surface area (Å²) in [4.78, 5) is 141. The molecule has 9 unspecified atom stereocenters. The Morgan fingerprint density at radius 1 is 0.407 bits per heavy atom. The summed E-state index contributed by atoms with van der Waals surface area (Å²) < 4.78 is 227. The molecule has 6 aliphatic rings. The minimum Gasteiger partial charge on any atom is -0.387 e. The topological polar surface area (TPSA) is 738 Å². The van der Waals surface area contributed by atoms with Gasteiger partial charge in [-0.05, 0) is 34.1 Å². The Kier molecular flexibility index (Phi) is 35.8. The Morgan fingerprint density at radius 3 is 1.31 bits per heavy atom. The van der Waals surface area contributed by atoms with Gasteiger partial charge in [-0.25, -0.2) is 61.9 Å². The standard InChI is InChI=1S/C73H105N20O38P5S4/c1-10-37-38(19-45(121-37)88-21-33(2)57(74)82-70(88)98)127-133(104,137)117-25-40-39(20-46(122-40)89-23-35(4)62(95)86-72(89)100)128-134(105,138)119-28-43-50(54(113-16-12-109-7)67(126-43)92-31-80-47-59(76)78-30-79-60(47)92)129-132(102,103)116-27-42-51(56(115-18-14-111-9)68(125-42)93-32-81-48-61(93)84-69(77)85-64(48)97)130-136(107,140)120-29-44-52(55(114-17-13-110-8)66(124-44)91-24-36(5)63(96)87-73(91)101)131-135(106,139)118-26-41-49(94)53(112-15-11-108-6)65(123-41)90-22-34(3)58(75)83-71(90)99/h21-24,30-32,37-46,49-56,65-68,94H,10-20,25-29H2,1-9H3,(H,102,103)(H,104,137)(H,105,138)(H,106,139)(H,107,140)(H2,74,82,98)(H2,75,83,99)(H2,76,78,79)(H,86,95,100)(H,87,96,101)(H3,77,84,85,97)/t37-,38-,39-,40-,41-,42-,43-,44-,45-,46-,49+,50+,51+,52+,53?,54?,55?,56?,65-,66-,67-,68-,133?,134?,135?,136?/m1/s1. The molecule has 14 heterocycles. The van der Waals surface area contributed by atoms with Crippen LogP contribution in [0.2, 0.25) is 0 Å². The van der Waals surface area contributed by atoms with Crippen LogP contribution >= 0.6 is 84.0 Å². The highest BCUT2D eigenvalue weighted by molar-refractivity contribution is 8.45. The summed E-state index contributed by atoms with van der Waals surface area (Å²) in [5.41, 5.74) is 18.5. The van der Waals surface area contributed by atoms with Crippen LogP contribution in [0.4, 0.5) is 23.4 Å². The van der Waals surface area contributed by atoms with Crippen LogP contribution in [0.25, 0.3) is 22.3 Å². The number of anilines is 4. The van der Waals surface area contributed by atoms with Crippen LogP contribution in [0.3, 0.4) is 0 Å². The highest BCUT2D eigenvalue weighted by Crippen LogP contribution is 2.63. The molecule has 14 rings (SSSR count). The highest BCUT2D eigenvalue weighted by atomic mass is 32.7. The van der Waals surface area contributed by atoms with E-state index in [1.54, 1.807) is 20.8 Å². The van der Waals surface area contributed by atoms with E-state index in [0.717, 1.165) is 37.1 Å². The molecule has 6 saturated heterocycles. The van der Waals surface area contributed by atoms with Gasteiger partial charge in [-0.2, -0.15) is 15.0 Å². The van der Waals surface area contributed by atoms with E-state index < -0.39 is 255 Å². The first-order valence-electron chi connectivity index (χ1n) is 42.7. The minimum atomic E-state index is -5.85. The Labute approximate surface area is 812 Å². The van der Waals surface area contributed by atoms with Crippen LogP contribution in [-0.2, 0) is 134 Å². The number of phosphoric ester groups is 1. The average Bonchev–Trinajstić information content (AvgIpc) is 1.61. The van der Waals surface area contributed by atoms with Gasteiger partial charge in [-0.3, -0.25) is 102 Å². The number of aromatic amines is 3. The number of ether oxygens (including phenoxy) is 14. The van der Waals surface area contributed by atoms with Crippen molar-refractivity contribution in [3.8, 4) is 0 Å². The van der Waals surface area contributed by atoms with Gasteiger partial charge in [0.15, 0.2) is 47.5 Å². The van der Waals surface area contributed by atoms with Crippen molar-refractivity contribution in [2.45, 2.75) is 189 Å². The van der Waals surface area contributed by atoms with Gasteiger partial charge in [0, 0.05) is 88.3 Å². The molecule has 774 valence electrons. The van der Waals surface area contributed by atoms with Crippen LogP contribution < -0.4 is 62.4 Å². The van der Waals surface area contributed by atoms with E-state index in [2.05, 4.69) is 98.8 Å². The van der Waals surface area contributed by atoms with E-state index in [-0.39, 0.29) is 117 Å². The van der Waals surface area contributed by atoms with Crippen molar-refractivity contribution < 1.29 is 144 Å². The fourth-order valence-electron chi connectivity index (χ4n) is 16.0. The monoisotopic (exact) mass is 2150 g/mol. The molecule has 6 aliphatic heterocycles. The first kappa shape index (κ1) is 108. The number of hydrogen-bond donors (Lipinski definition) is 13. The quantitative estimate of drug-likeness (QED) is 0.0146. The lowest BCUT2D eigenvalue weighted by Crippen LogP contribution is -2.41. The highest BCUT2D eigenvalue weighted by Gasteiger charge is 2.58. The van der Waals surface area contributed by atoms with Crippen molar-refractivity contribution in [2.24, 2.45) is 0 Å². The first-order valence-corrected chi connectivity index (χ1v) is 55.0. The number of nitrogens with two attached hydrogens (primary N) is 4. The van der Waals surface area contributed by atoms with Gasteiger partial charge in [0.05, 0.1) is 111 Å². The molecule has 27 atom stereocenters. The first-order chi connectivity index (χ1) is 66.4. The number of aliphatic hydroxyl groups excluding tert-OH is 1. The number of imidazole rings is 2. The lowest BCUT2D eigenvalue weighted by molar-refractivity contribution is -0.0830. The number of phosphoric acid groups is 1. The number of nitrogens with one attached hydrogen (secondary N) is 3. The maximum atomic E-state index is 15.6. The second kappa shape index (κ2) is 46.2. The second-order valence-corrected chi connectivity index (χ2v) is 45.2. The van der Waals surface area contributed by atoms with Crippen molar-refractivity contribution in [3.63, 3.8) is 0 Å². The predicted octanol–water partition coefficient (Wildman–Crippen LogP) is 1.46. The molecule has 8 aromatic rings. The zero-order chi connectivity index (χ0) is 101. The molecule has 0 saturated carbocycles. The number of hydrogen-bond acceptors (Lipinski definition) is 48. The summed E-state index contributed by atoms with van der Waals surface area (Å²) in [6.07, 6.45) is -25.8. The molecule has 0 radical (unpaired) electrons. The number of H-pyrrole nitrogens is 3. The molecular weight excluding hydrogens is 2050 g/mol. The van der Waals surface area contributed by atoms with Crippen LogP contribution in [0.15, 0.2) is 77.3 Å². The molecule has 0 aliphatic carbocycles. The summed E-state index contributed by atoms with van der Waals surface area (Å²) in [7, 11) is -0.464. The van der Waals surface area contributed by atoms with Gasteiger partial charge < -0.3 is 99.3 Å². The van der Waals surface area contributed by atoms with E-state index >= 15 is 13.7 Å². The van der Waals surface area contributed by atoms with E-state index in [1.807, 2.05) is 0 Å². The molecule has 67 heteroatoms. The maximum Gasteiger partial charge on any atom is 0.472 e. The second-order valence-electron chi connectivity index (χ2n) is 32.3. The third-order valence-electron chi connectivity index (χ3n) is 22.8. The van der Waals surface area contributed by atoms with Crippen LogP contribution in [0.1, 0.15) is 85.8 Å². The number of thiol groups is 4. The van der Waals surface area contributed by atoms with Crippen molar-refractivity contribution in [3.05, 3.63) is 139 Å². The van der Waals surface area contributed by atoms with Gasteiger partial charge in [0.2, 0.25) is 5.95 Å². The fourth-order valence-corrected chi connectivity index (χ4v) is 23.0. The van der Waals surface area contributed by atoms with Crippen molar-refractivity contribution in [2.75, 3.05) is 137 Å². The van der Waals surface area contributed by atoms with E-state index in [0.29, 0.717) is 11.1 Å². The minimum absolute atomic E-state index is 0.00248. The smallest absolute Gasteiger partial charge is 0.387 e. The molecule has 8 aromatic heterocycles. The molecule has 58 nitrogen and oxygen atoms in total. The van der Waals surface area contributed by atoms with Gasteiger partial charge >= 0.3 is 57.8 Å². The van der Waals surface area contributed by atoms with Crippen LogP contribution in [0.5, 0.6) is 0 Å². The lowest BCUT2D eigenvalue weighted by atomic mass is 10.1. The van der Waals surface area contributed by atoms with E-state index in [4.69, 9.17) is 134 Å². The third-order valence-corrected chi connectivity index (χ3v) is 30.3. The van der Waals surface area contributed by atoms with Crippen molar-refractivity contribution in [1.29, 1.82) is 0 Å². The summed E-state index contributed by atoms with van der Waals surface area (Å²) >= 11 is 17.4. The number of nitrogens with zero attached hydrogens (tertiary/aromatic N) is 13. The summed E-state index contributed by atoms with van der Waals surface area (Å²) in [5.74, 6) is -0.615. The molecular formula is C73H105N20O38P5S4. The Bertz CT molecular complexity index is 6440. The van der Waals surface area contributed by atoms with Gasteiger partial charge in [0.1, 0.15) is 121 Å². The van der Waals surface area contributed by atoms with Crippen molar-refractivity contribution >= 4 is 130 Å². The van der Waals surface area contributed by atoms with Gasteiger partial charge in [-0.1, -0.05) is 55.9 Å². The summed E-state index contributed by atoms with van der Waals surface area (Å²) in [6, 6.07) is 0. The van der Waals surface area contributed by atoms with Crippen molar-refractivity contribution in [1.82, 2.24) is 77.2 Å². The third kappa shape index (κ3) is 25.5. The van der Waals surface area contributed by atoms with Crippen LogP contribution in [-0.4, -0.2) is 299 Å². The number of aromatic nitrogens is 16. The van der Waals surface area contributed by atoms with E-state index in [9.17, 15) is 52.7 Å². The number of methoxy groups -OCH3 is 4. The number of aliphatic hydroxyl groups is 1. The van der Waals surface area contributed by atoms with Gasteiger partial charge in [-0.15, -0.1) is 0 Å². The molecule has 13 N–H and O–H groups in total. The molecule has 0 bridgehead atoms. The Morgan fingerprint density at radius 2 is 0.800 bits per heavy atom. The van der Waals surface area contributed by atoms with Crippen LogP contribution in [0, 0.1) is 27.7 Å². The summed E-state index contributed by atoms with van der Waals surface area (Å²) in [5, 5.41) is 11.8. The number of rotatable bonds is 48. The van der Waals surface area contributed by atoms with E-state index in [1.165, 1.54) is 76.3 Å². The predicted molar refractivity (Wildman–Crippen MR) is 495 cm³/mol. The molecule has 6 fully saturated rings. The Hall–Kier alpha value is -7.27. The largest absolute Gasteiger partial charge is 0.472 e. The molecule has 0 aromatic carbocycles. The average molecular weight is 2150 g/mol. The molecule has 140 heavy (non-hydrogen) atoms. The maximum absolute atomic E-state index is 15.6. The zero-order valence-corrected chi connectivity index (χ0v) is 83.8. The van der Waals surface area contributed by atoms with Gasteiger partial charge in [0.25, 0.3) is 16.7 Å².